The van der Waals surface area contributed by atoms with Gasteiger partial charge in [-0.1, -0.05) is 12.1 Å². The van der Waals surface area contributed by atoms with Gasteiger partial charge in [0.25, 0.3) is 11.6 Å². The highest BCUT2D eigenvalue weighted by molar-refractivity contribution is 6.00. The summed E-state index contributed by atoms with van der Waals surface area (Å²) >= 11 is 0. The van der Waals surface area contributed by atoms with E-state index in [-0.39, 0.29) is 42.5 Å². The number of hydrogen-bond acceptors (Lipinski definition) is 10. The van der Waals surface area contributed by atoms with E-state index in [0.717, 1.165) is 0 Å². The number of allylic oxidation sites excluding steroid dienone is 2. The molecule has 0 saturated heterocycles. The molecule has 1 aromatic carbocycles. The number of dihydropyridines is 1. The summed E-state index contributed by atoms with van der Waals surface area (Å²) in [5.41, 5.74) is 1.68. The first kappa shape index (κ1) is 29.0. The Morgan fingerprint density at radius 2 is 1.72 bits per heavy atom. The van der Waals surface area contributed by atoms with Crippen LogP contribution in [0.4, 0.5) is 5.69 Å². The Hall–Kier alpha value is -4.58. The van der Waals surface area contributed by atoms with Crippen molar-refractivity contribution in [3.8, 4) is 0 Å². The highest BCUT2D eigenvalue weighted by Gasteiger charge is 2.38. The van der Waals surface area contributed by atoms with Crippen LogP contribution in [0.2, 0.25) is 0 Å². The van der Waals surface area contributed by atoms with Gasteiger partial charge in [0.2, 0.25) is 0 Å². The van der Waals surface area contributed by atoms with Gasteiger partial charge in [-0.05, 0) is 45.6 Å². The van der Waals surface area contributed by atoms with Crippen molar-refractivity contribution >= 4 is 23.5 Å². The molecule has 2 heterocycles. The third kappa shape index (κ3) is 7.48. The molecule has 0 aliphatic carbocycles. The maximum absolute atomic E-state index is 13.3. The van der Waals surface area contributed by atoms with Crippen molar-refractivity contribution in [1.29, 1.82) is 0 Å². The molecule has 2 N–H and O–H groups in total. The summed E-state index contributed by atoms with van der Waals surface area (Å²) in [6.07, 6.45) is 2.97. The number of hydrogen-bond donors (Lipinski definition) is 2. The van der Waals surface area contributed by atoms with Crippen molar-refractivity contribution < 1.29 is 28.8 Å². The van der Waals surface area contributed by atoms with E-state index in [1.807, 2.05) is 19.0 Å². The van der Waals surface area contributed by atoms with E-state index in [9.17, 15) is 24.5 Å². The second-order valence-corrected chi connectivity index (χ2v) is 9.06. The third-order valence-corrected chi connectivity index (χ3v) is 5.93. The van der Waals surface area contributed by atoms with E-state index in [4.69, 9.17) is 9.47 Å². The monoisotopic (exact) mass is 537 g/mol. The normalized spacial score (nSPS) is 15.1. The van der Waals surface area contributed by atoms with Gasteiger partial charge in [0.15, 0.2) is 0 Å². The molecule has 1 aliphatic heterocycles. The Kier molecular flexibility index (Phi) is 9.87. The van der Waals surface area contributed by atoms with Crippen LogP contribution >= 0.6 is 0 Å². The third-order valence-electron chi connectivity index (χ3n) is 5.93. The van der Waals surface area contributed by atoms with Crippen LogP contribution < -0.4 is 10.6 Å². The molecular formula is C27H31N5O7. The number of likely N-dealkylation sites (N-methyl/N-ethyl adjacent to an activating group) is 1. The number of benzene rings is 1. The lowest BCUT2D eigenvalue weighted by molar-refractivity contribution is -0.384. The first-order chi connectivity index (χ1) is 18.6. The number of nitro benzene ring substituents is 1. The SMILES string of the molecule is CC1=C(C(=O)OCCNC(=O)c2cccnc2)[C@H](c2cccc([N+](=O)[O-])c2)C(C(=O)OCCN(C)C)=C(C)N1. The van der Waals surface area contributed by atoms with E-state index in [2.05, 4.69) is 15.6 Å². The lowest BCUT2D eigenvalue weighted by Gasteiger charge is -2.30. The molecule has 0 radical (unpaired) electrons. The van der Waals surface area contributed by atoms with Gasteiger partial charge in [-0.2, -0.15) is 0 Å². The van der Waals surface area contributed by atoms with Crippen molar-refractivity contribution in [2.75, 3.05) is 40.4 Å². The number of carbonyl (C=O) groups is 3. The highest BCUT2D eigenvalue weighted by atomic mass is 16.6. The van der Waals surface area contributed by atoms with Crippen molar-refractivity contribution in [2.24, 2.45) is 0 Å². The molecule has 206 valence electrons. The Morgan fingerprint density at radius 3 is 2.31 bits per heavy atom. The molecule has 12 heteroatoms. The lowest BCUT2D eigenvalue weighted by Crippen LogP contribution is -2.34. The number of nitrogens with one attached hydrogen (secondary N) is 2. The summed E-state index contributed by atoms with van der Waals surface area (Å²) in [5, 5.41) is 17.2. The quantitative estimate of drug-likeness (QED) is 0.189. The predicted molar refractivity (Wildman–Crippen MR) is 141 cm³/mol. The number of carbonyl (C=O) groups excluding carboxylic acids is 3. The van der Waals surface area contributed by atoms with Crippen molar-refractivity contribution in [3.05, 3.63) is 92.6 Å². The fourth-order valence-corrected chi connectivity index (χ4v) is 4.07. The second kappa shape index (κ2) is 13.3. The number of pyridine rings is 1. The van der Waals surface area contributed by atoms with E-state index in [1.165, 1.54) is 24.4 Å². The summed E-state index contributed by atoms with van der Waals surface area (Å²) in [7, 11) is 3.68. The average molecular weight is 538 g/mol. The molecule has 0 bridgehead atoms. The number of ether oxygens (including phenoxy) is 2. The predicted octanol–water partition coefficient (Wildman–Crippen LogP) is 2.30. The lowest BCUT2D eigenvalue weighted by atomic mass is 9.80. The van der Waals surface area contributed by atoms with Gasteiger partial charge in [0.1, 0.15) is 13.2 Å². The van der Waals surface area contributed by atoms with Crippen LogP contribution in [0.1, 0.15) is 35.7 Å². The zero-order valence-electron chi connectivity index (χ0n) is 22.2. The Morgan fingerprint density at radius 1 is 1.05 bits per heavy atom. The van der Waals surface area contributed by atoms with Gasteiger partial charge in [-0.25, -0.2) is 9.59 Å². The summed E-state index contributed by atoms with van der Waals surface area (Å²) in [4.78, 5) is 55.5. The number of esters is 2. The molecule has 1 atom stereocenters. The molecular weight excluding hydrogens is 506 g/mol. The first-order valence-electron chi connectivity index (χ1n) is 12.2. The Labute approximate surface area is 225 Å². The van der Waals surface area contributed by atoms with Crippen LogP contribution in [0.3, 0.4) is 0 Å². The molecule has 12 nitrogen and oxygen atoms in total. The molecule has 2 aromatic rings. The Bertz CT molecular complexity index is 1300. The summed E-state index contributed by atoms with van der Waals surface area (Å²) in [5.74, 6) is -2.74. The standard InChI is InChI=1S/C27H31N5O7/c1-17-22(26(34)38-13-11-29-25(33)20-8-6-10-28-16-20)24(19-7-5-9-21(15-19)32(36)37)23(18(2)30-17)27(35)39-14-12-31(3)4/h5-10,15-16,24,30H,11-14H2,1-4H3,(H,29,33)/t24-/m0/s1. The smallest absolute Gasteiger partial charge is 0.336 e. The molecule has 0 fully saturated rings. The molecule has 39 heavy (non-hydrogen) atoms. The first-order valence-corrected chi connectivity index (χ1v) is 12.2. The van der Waals surface area contributed by atoms with Crippen LogP contribution in [0.25, 0.3) is 0 Å². The molecule has 1 aromatic heterocycles. The van der Waals surface area contributed by atoms with Crippen molar-refractivity contribution in [3.63, 3.8) is 0 Å². The highest BCUT2D eigenvalue weighted by Crippen LogP contribution is 2.40. The average Bonchev–Trinajstić information content (AvgIpc) is 2.90. The van der Waals surface area contributed by atoms with Gasteiger partial charge in [-0.15, -0.1) is 0 Å². The van der Waals surface area contributed by atoms with Crippen molar-refractivity contribution in [1.82, 2.24) is 20.5 Å². The number of aromatic nitrogens is 1. The molecule has 0 unspecified atom stereocenters. The van der Waals surface area contributed by atoms with Gasteiger partial charge >= 0.3 is 11.9 Å². The van der Waals surface area contributed by atoms with Gasteiger partial charge in [0, 0.05) is 42.5 Å². The van der Waals surface area contributed by atoms with Crippen LogP contribution in [0.15, 0.2) is 71.3 Å². The summed E-state index contributed by atoms with van der Waals surface area (Å²) in [6, 6.07) is 8.99. The topological polar surface area (TPSA) is 153 Å². The van der Waals surface area contributed by atoms with E-state index < -0.39 is 22.8 Å². The second-order valence-electron chi connectivity index (χ2n) is 9.06. The maximum Gasteiger partial charge on any atom is 0.336 e. The number of nitrogens with zero attached hydrogens (tertiary/aromatic N) is 3. The van der Waals surface area contributed by atoms with Gasteiger partial charge in [-0.3, -0.25) is 19.9 Å². The summed E-state index contributed by atoms with van der Waals surface area (Å²) < 4.78 is 10.9. The summed E-state index contributed by atoms with van der Waals surface area (Å²) in [6.45, 7) is 3.82. The van der Waals surface area contributed by atoms with Crippen LogP contribution in [-0.2, 0) is 19.1 Å². The zero-order valence-corrected chi connectivity index (χ0v) is 22.2. The minimum absolute atomic E-state index is 0.0367. The van der Waals surface area contributed by atoms with E-state index >= 15 is 0 Å². The molecule has 3 rings (SSSR count). The number of non-ortho nitro benzene ring substituents is 1. The Balaban J connectivity index is 1.85. The van der Waals surface area contributed by atoms with Gasteiger partial charge < -0.3 is 25.0 Å². The number of nitro groups is 1. The molecule has 1 amide bonds. The van der Waals surface area contributed by atoms with Gasteiger partial charge in [0.05, 0.1) is 34.1 Å². The molecule has 0 saturated carbocycles. The zero-order chi connectivity index (χ0) is 28.5. The van der Waals surface area contributed by atoms with E-state index in [0.29, 0.717) is 29.1 Å². The molecule has 1 aliphatic rings. The minimum atomic E-state index is -0.976. The van der Waals surface area contributed by atoms with Crippen LogP contribution in [0, 0.1) is 10.1 Å². The van der Waals surface area contributed by atoms with Crippen LogP contribution in [-0.4, -0.2) is 73.1 Å². The minimum Gasteiger partial charge on any atom is -0.461 e. The maximum atomic E-state index is 13.3. The van der Waals surface area contributed by atoms with Crippen LogP contribution in [0.5, 0.6) is 0 Å². The molecule has 0 spiro atoms. The fourth-order valence-electron chi connectivity index (χ4n) is 4.07. The van der Waals surface area contributed by atoms with E-state index in [1.54, 1.807) is 38.2 Å². The van der Waals surface area contributed by atoms with Crippen molar-refractivity contribution in [2.45, 2.75) is 19.8 Å². The fraction of sp³-hybridized carbons (Fsp3) is 0.333. The largest absolute Gasteiger partial charge is 0.461 e. The number of amides is 1. The number of rotatable bonds is 11.